The Labute approximate surface area is 242 Å². The van der Waals surface area contributed by atoms with Gasteiger partial charge in [-0.25, -0.2) is 15.0 Å². The van der Waals surface area contributed by atoms with Gasteiger partial charge >= 0.3 is 0 Å². The smallest absolute Gasteiger partial charge is 0.150 e. The van der Waals surface area contributed by atoms with E-state index in [1.54, 1.807) is 6.20 Å². The standard InChI is InChI=1S/C29H45ClN6O2S/c1-20-28(39-23-12-15-33-26(32)24(23)30)35-22(11-9-7-5-3-4-6-8-10-18-37)27(34-20)36-16-13-29(14-17-36)19-38-21(2)25(29)31/h12,15,21,25,37H,3-11,13-14,16-19,31H2,1-2H3,(H2,32,33)/t21-,25+/m0/s1. The normalized spacial score (nSPS) is 20.7. The summed E-state index contributed by atoms with van der Waals surface area (Å²) in [4.78, 5) is 17.6. The number of ether oxygens (including phenoxy) is 1. The van der Waals surface area contributed by atoms with Gasteiger partial charge in [-0.15, -0.1) is 0 Å². The summed E-state index contributed by atoms with van der Waals surface area (Å²) >= 11 is 7.95. The van der Waals surface area contributed by atoms with Gasteiger partial charge in [-0.1, -0.05) is 61.9 Å². The molecule has 1 spiro atoms. The fraction of sp³-hybridized carbons (Fsp3) is 0.690. The molecule has 0 bridgehead atoms. The number of nitrogens with two attached hydrogens (primary N) is 2. The molecule has 0 amide bonds. The van der Waals surface area contributed by atoms with Crippen LogP contribution in [0.3, 0.4) is 0 Å². The molecule has 0 aromatic carbocycles. The first-order valence-corrected chi connectivity index (χ1v) is 15.7. The molecule has 2 fully saturated rings. The van der Waals surface area contributed by atoms with E-state index in [9.17, 15) is 0 Å². The van der Waals surface area contributed by atoms with Gasteiger partial charge in [-0.3, -0.25) is 0 Å². The van der Waals surface area contributed by atoms with Crippen LogP contribution in [0.1, 0.15) is 82.5 Å². The summed E-state index contributed by atoms with van der Waals surface area (Å²) in [6.07, 6.45) is 13.9. The molecule has 2 aromatic heterocycles. The highest BCUT2D eigenvalue weighted by atomic mass is 35.5. The van der Waals surface area contributed by atoms with Crippen LogP contribution in [0, 0.1) is 12.3 Å². The van der Waals surface area contributed by atoms with Crippen LogP contribution in [0.4, 0.5) is 11.6 Å². The molecule has 2 aliphatic heterocycles. The first-order chi connectivity index (χ1) is 18.8. The first-order valence-electron chi connectivity index (χ1n) is 14.5. The fourth-order valence-electron chi connectivity index (χ4n) is 5.77. The molecule has 2 aliphatic rings. The van der Waals surface area contributed by atoms with Crippen molar-refractivity contribution < 1.29 is 9.84 Å². The van der Waals surface area contributed by atoms with E-state index in [-0.39, 0.29) is 17.6 Å². The molecule has 0 saturated carbocycles. The van der Waals surface area contributed by atoms with Crippen molar-refractivity contribution >= 4 is 35.0 Å². The molecule has 10 heteroatoms. The minimum absolute atomic E-state index is 0.0730. The van der Waals surface area contributed by atoms with Gasteiger partial charge in [0.1, 0.15) is 10.8 Å². The average molecular weight is 577 g/mol. The van der Waals surface area contributed by atoms with Gasteiger partial charge < -0.3 is 26.2 Å². The number of nitrogens with zero attached hydrogens (tertiary/aromatic N) is 4. The Balaban J connectivity index is 1.45. The Kier molecular flexibility index (Phi) is 11.1. The number of hydrogen-bond acceptors (Lipinski definition) is 9. The summed E-state index contributed by atoms with van der Waals surface area (Å²) in [5, 5.41) is 10.3. The summed E-state index contributed by atoms with van der Waals surface area (Å²) < 4.78 is 5.94. The van der Waals surface area contributed by atoms with Gasteiger partial charge in [0.25, 0.3) is 0 Å². The topological polar surface area (TPSA) is 123 Å². The molecule has 2 atom stereocenters. The molecular formula is C29H45ClN6O2S. The Morgan fingerprint density at radius 3 is 2.41 bits per heavy atom. The van der Waals surface area contributed by atoms with Gasteiger partial charge in [0.2, 0.25) is 0 Å². The molecule has 8 nitrogen and oxygen atoms in total. The Morgan fingerprint density at radius 2 is 1.77 bits per heavy atom. The van der Waals surface area contributed by atoms with E-state index in [2.05, 4.69) is 16.8 Å². The van der Waals surface area contributed by atoms with Crippen LogP contribution in [-0.4, -0.2) is 58.5 Å². The zero-order valence-corrected chi connectivity index (χ0v) is 25.1. The maximum absolute atomic E-state index is 8.94. The summed E-state index contributed by atoms with van der Waals surface area (Å²) in [5.41, 5.74) is 14.5. The van der Waals surface area contributed by atoms with Crippen LogP contribution in [0.25, 0.3) is 0 Å². The van der Waals surface area contributed by atoms with Crippen molar-refractivity contribution in [2.75, 3.05) is 36.9 Å². The molecule has 0 radical (unpaired) electrons. The number of halogens is 1. The van der Waals surface area contributed by atoms with Crippen molar-refractivity contribution in [3.8, 4) is 0 Å². The molecule has 2 aromatic rings. The van der Waals surface area contributed by atoms with Crippen LogP contribution >= 0.6 is 23.4 Å². The largest absolute Gasteiger partial charge is 0.396 e. The van der Waals surface area contributed by atoms with E-state index in [4.69, 9.17) is 42.9 Å². The summed E-state index contributed by atoms with van der Waals surface area (Å²) in [5.74, 6) is 1.34. The third kappa shape index (κ3) is 7.55. The van der Waals surface area contributed by atoms with Crippen molar-refractivity contribution in [3.63, 3.8) is 0 Å². The maximum Gasteiger partial charge on any atom is 0.150 e. The Morgan fingerprint density at radius 1 is 1.10 bits per heavy atom. The SMILES string of the molecule is Cc1nc(N2CCC3(CC2)CO[C@@H](C)[C@H]3N)c(CCCCCCCCCCO)nc1Sc1ccnc(N)c1Cl. The quantitative estimate of drug-likeness (QED) is 0.263. The molecule has 39 heavy (non-hydrogen) atoms. The molecule has 4 rings (SSSR count). The van der Waals surface area contributed by atoms with Gasteiger partial charge in [0.05, 0.1) is 29.1 Å². The number of unbranched alkanes of at least 4 members (excludes halogenated alkanes) is 7. The molecule has 216 valence electrons. The van der Waals surface area contributed by atoms with Crippen molar-refractivity contribution in [2.24, 2.45) is 11.1 Å². The summed E-state index contributed by atoms with van der Waals surface area (Å²) in [7, 11) is 0. The third-order valence-corrected chi connectivity index (χ3v) is 10.0. The van der Waals surface area contributed by atoms with E-state index in [1.807, 2.05) is 13.0 Å². The molecule has 4 heterocycles. The first kappa shape index (κ1) is 30.3. The highest BCUT2D eigenvalue weighted by Crippen LogP contribution is 2.43. The predicted octanol–water partition coefficient (Wildman–Crippen LogP) is 5.56. The number of nitrogen functional groups attached to an aromatic ring is 1. The van der Waals surface area contributed by atoms with Gasteiger partial charge in [0, 0.05) is 42.2 Å². The summed E-state index contributed by atoms with van der Waals surface area (Å²) in [6, 6.07) is 1.96. The minimum Gasteiger partial charge on any atom is -0.396 e. The van der Waals surface area contributed by atoms with Crippen molar-refractivity contribution in [1.82, 2.24) is 15.0 Å². The molecule has 0 aliphatic carbocycles. The van der Waals surface area contributed by atoms with Crippen molar-refractivity contribution in [3.05, 3.63) is 28.7 Å². The number of aliphatic hydroxyl groups excluding tert-OH is 1. The fourth-order valence-corrected chi connectivity index (χ4v) is 6.88. The van der Waals surface area contributed by atoms with Crippen LogP contribution in [0.2, 0.25) is 5.02 Å². The number of rotatable bonds is 13. The molecule has 5 N–H and O–H groups in total. The average Bonchev–Trinajstić information content (AvgIpc) is 3.20. The lowest BCUT2D eigenvalue weighted by Crippen LogP contribution is -2.51. The Bertz CT molecular complexity index is 1080. The van der Waals surface area contributed by atoms with E-state index in [1.165, 1.54) is 43.9 Å². The van der Waals surface area contributed by atoms with E-state index >= 15 is 0 Å². The lowest BCUT2D eigenvalue weighted by atomic mass is 9.73. The third-order valence-electron chi connectivity index (χ3n) is 8.39. The van der Waals surface area contributed by atoms with Crippen LogP contribution in [-0.2, 0) is 11.2 Å². The molecule has 0 unspecified atom stereocenters. The molecule has 2 saturated heterocycles. The van der Waals surface area contributed by atoms with Gasteiger partial charge in [-0.05, 0) is 52.0 Å². The monoisotopic (exact) mass is 576 g/mol. The second-order valence-electron chi connectivity index (χ2n) is 11.2. The number of aryl methyl sites for hydroxylation is 2. The van der Waals surface area contributed by atoms with Crippen LogP contribution in [0.5, 0.6) is 0 Å². The van der Waals surface area contributed by atoms with Gasteiger partial charge in [-0.2, -0.15) is 0 Å². The second-order valence-corrected chi connectivity index (χ2v) is 12.6. The van der Waals surface area contributed by atoms with Crippen molar-refractivity contribution in [2.45, 2.75) is 107 Å². The number of pyridine rings is 1. The minimum atomic E-state index is 0.0730. The van der Waals surface area contributed by atoms with Crippen LogP contribution < -0.4 is 16.4 Å². The highest BCUT2D eigenvalue weighted by molar-refractivity contribution is 7.99. The second kappa shape index (κ2) is 14.3. The highest BCUT2D eigenvalue weighted by Gasteiger charge is 2.47. The number of piperidine rings is 1. The number of aliphatic hydroxyl groups is 1. The summed E-state index contributed by atoms with van der Waals surface area (Å²) in [6.45, 7) is 7.00. The number of anilines is 2. The number of hydrogen-bond donors (Lipinski definition) is 3. The zero-order chi connectivity index (χ0) is 27.8. The van der Waals surface area contributed by atoms with E-state index < -0.39 is 0 Å². The number of aromatic nitrogens is 3. The van der Waals surface area contributed by atoms with Crippen LogP contribution in [0.15, 0.2) is 22.2 Å². The lowest BCUT2D eigenvalue weighted by Gasteiger charge is -2.42. The van der Waals surface area contributed by atoms with Crippen molar-refractivity contribution in [1.29, 1.82) is 0 Å². The van der Waals surface area contributed by atoms with E-state index in [0.717, 1.165) is 85.3 Å². The lowest BCUT2D eigenvalue weighted by molar-refractivity contribution is 0.0974. The van der Waals surface area contributed by atoms with Gasteiger partial charge in [0.15, 0.2) is 5.82 Å². The van der Waals surface area contributed by atoms with E-state index in [0.29, 0.717) is 17.4 Å². The molecular weight excluding hydrogens is 532 g/mol. The zero-order valence-electron chi connectivity index (χ0n) is 23.5. The Hall–Kier alpha value is -1.65. The predicted molar refractivity (Wildman–Crippen MR) is 160 cm³/mol. The maximum atomic E-state index is 8.94.